The first-order valence-corrected chi connectivity index (χ1v) is 19.8. The Kier molecular flexibility index (Phi) is 12.3. The van der Waals surface area contributed by atoms with E-state index < -0.39 is 73.0 Å². The van der Waals surface area contributed by atoms with Crippen molar-refractivity contribution in [1.29, 1.82) is 5.26 Å². The summed E-state index contributed by atoms with van der Waals surface area (Å²) in [6, 6.07) is 12.5. The van der Waals surface area contributed by atoms with Gasteiger partial charge in [-0.1, -0.05) is 45.9 Å². The van der Waals surface area contributed by atoms with Crippen LogP contribution >= 0.6 is 7.75 Å². The number of nitrogens with two attached hydrogens (primary N) is 1. The zero-order valence-corrected chi connectivity index (χ0v) is 33.4. The van der Waals surface area contributed by atoms with Gasteiger partial charge in [-0.3, -0.25) is 23.8 Å². The molecule has 1 saturated heterocycles. The first-order chi connectivity index (χ1) is 25.9. The minimum absolute atomic E-state index is 0.0590. The number of rotatable bonds is 17. The maximum absolute atomic E-state index is 14.9. The summed E-state index contributed by atoms with van der Waals surface area (Å²) < 4.78 is 52.6. The van der Waals surface area contributed by atoms with Gasteiger partial charge in [-0.15, -0.1) is 0 Å². The third kappa shape index (κ3) is 8.06. The van der Waals surface area contributed by atoms with Crippen molar-refractivity contribution in [2.24, 2.45) is 11.8 Å². The summed E-state index contributed by atoms with van der Waals surface area (Å²) in [5.41, 5.74) is 2.39. The van der Waals surface area contributed by atoms with Crippen LogP contribution in [0.5, 0.6) is 5.75 Å². The van der Waals surface area contributed by atoms with Crippen molar-refractivity contribution in [2.75, 3.05) is 18.9 Å². The molecule has 1 aliphatic carbocycles. The van der Waals surface area contributed by atoms with E-state index in [9.17, 15) is 24.2 Å². The number of carbonyl (C=O) groups is 3. The van der Waals surface area contributed by atoms with E-state index in [1.807, 2.05) is 27.7 Å². The molecule has 18 heteroatoms. The molecular weight excluding hydrogens is 733 g/mol. The highest BCUT2D eigenvalue weighted by molar-refractivity contribution is 7.52. The largest absolute Gasteiger partial charge is 0.463 e. The van der Waals surface area contributed by atoms with Crippen LogP contribution in [-0.2, 0) is 42.4 Å². The summed E-state index contributed by atoms with van der Waals surface area (Å²) in [5.74, 6) is -3.39. The van der Waals surface area contributed by atoms with Crippen LogP contribution in [0.1, 0.15) is 74.1 Å². The lowest BCUT2D eigenvalue weighted by atomic mass is 10.0. The van der Waals surface area contributed by atoms with E-state index in [4.69, 9.17) is 33.7 Å². The van der Waals surface area contributed by atoms with Gasteiger partial charge in [0, 0.05) is 18.6 Å². The average Bonchev–Trinajstić information content (AvgIpc) is 3.36. The number of esters is 3. The summed E-state index contributed by atoms with van der Waals surface area (Å²) >= 11 is 0. The van der Waals surface area contributed by atoms with Gasteiger partial charge < -0.3 is 29.2 Å². The van der Waals surface area contributed by atoms with Crippen molar-refractivity contribution >= 4 is 37.0 Å². The molecule has 0 radical (unpaired) electrons. The number of anilines is 1. The summed E-state index contributed by atoms with van der Waals surface area (Å²) in [5, 5.41) is 17.8. The van der Waals surface area contributed by atoms with Crippen LogP contribution in [0.25, 0.3) is 5.52 Å². The van der Waals surface area contributed by atoms with Gasteiger partial charge in [0.2, 0.25) is 11.2 Å². The molecule has 0 amide bonds. The summed E-state index contributed by atoms with van der Waals surface area (Å²) in [6.07, 6.45) is -3.26. The molecule has 3 N–H and O–H groups in total. The molecule has 1 aliphatic heterocycles. The van der Waals surface area contributed by atoms with Crippen molar-refractivity contribution in [1.82, 2.24) is 24.6 Å². The molecule has 17 nitrogen and oxygen atoms in total. The smallest absolute Gasteiger partial charge is 0.460 e. The molecule has 2 aliphatic rings. The molecule has 1 saturated carbocycles. The van der Waals surface area contributed by atoms with Gasteiger partial charge in [0.25, 0.3) is 0 Å². The van der Waals surface area contributed by atoms with E-state index in [0.29, 0.717) is 12.1 Å². The summed E-state index contributed by atoms with van der Waals surface area (Å²) in [4.78, 5) is 46.3. The van der Waals surface area contributed by atoms with Crippen LogP contribution in [0.4, 0.5) is 5.82 Å². The molecule has 2 aromatic heterocycles. The van der Waals surface area contributed by atoms with E-state index in [0.717, 1.165) is 0 Å². The van der Waals surface area contributed by atoms with Crippen molar-refractivity contribution in [2.45, 2.75) is 110 Å². The number of hydrogen-bond donors (Lipinski definition) is 2. The number of nitrogens with one attached hydrogen (secondary N) is 1. The van der Waals surface area contributed by atoms with Gasteiger partial charge in [-0.05, 0) is 58.9 Å². The van der Waals surface area contributed by atoms with E-state index in [2.05, 4.69) is 26.1 Å². The Bertz CT molecular complexity index is 1960. The maximum Gasteiger partial charge on any atom is 0.460 e. The highest BCUT2D eigenvalue weighted by Gasteiger charge is 2.95. The number of aromatic nitrogens is 3. The highest BCUT2D eigenvalue weighted by atomic mass is 31.2. The predicted octanol–water partition coefficient (Wildman–Crippen LogP) is 4.38. The molecule has 2 fully saturated rings. The Morgan fingerprint density at radius 3 is 2.25 bits per heavy atom. The van der Waals surface area contributed by atoms with Gasteiger partial charge in [0.15, 0.2) is 18.0 Å². The SMILES string of the molecule is CC(C)C(=O)O[C@H]1[C@H](c2ccc3c(N)ncnn23)O[C@]2(C#N)C(OP(=O)(N[C@@H](C)C(=O)OCCN(C(C)C)C(C)C)Oc3ccccc3)[C@]12OC(=O)C(C)C. The standard InChI is InChI=1S/C37H50N7O10P/c1-21(2)32(45)50-30-29(27-15-16-28-31(39)40-20-41-44(27)28)51-36(19-38)35(37(30,36)52-33(46)22(3)4)54-55(48,53-26-13-11-10-12-14-26)42-25(9)34(47)49-18-17-43(23(5)6)24(7)8/h10-16,20-25,29-30,35H,17-18H2,1-9H3,(H,42,48)(H2,39,40,41)/t25-,29-,30-,35?,36+,37+,55?/m0/s1. The molecule has 5 rings (SSSR count). The Morgan fingerprint density at radius 2 is 1.65 bits per heavy atom. The quantitative estimate of drug-likeness (QED) is 0.110. The minimum Gasteiger partial charge on any atom is -0.463 e. The molecule has 0 bridgehead atoms. The molecule has 0 spiro atoms. The zero-order valence-electron chi connectivity index (χ0n) is 32.5. The second-order valence-corrected chi connectivity index (χ2v) is 16.4. The number of nitrogens with zero attached hydrogens (tertiary/aromatic N) is 5. The number of para-hydroxylation sites is 1. The van der Waals surface area contributed by atoms with Crippen LogP contribution in [0, 0.1) is 23.2 Å². The Balaban J connectivity index is 1.54. The van der Waals surface area contributed by atoms with E-state index in [1.165, 1.54) is 29.9 Å². The van der Waals surface area contributed by atoms with E-state index in [-0.39, 0.29) is 36.0 Å². The number of nitriles is 1. The molecule has 7 atom stereocenters. The number of hydrogen-bond acceptors (Lipinski definition) is 15. The molecule has 2 unspecified atom stereocenters. The van der Waals surface area contributed by atoms with Crippen LogP contribution in [0.15, 0.2) is 48.8 Å². The average molecular weight is 784 g/mol. The van der Waals surface area contributed by atoms with Crippen molar-refractivity contribution in [3.8, 4) is 11.8 Å². The molecule has 3 aromatic rings. The van der Waals surface area contributed by atoms with Crippen LogP contribution in [-0.4, -0.2) is 92.1 Å². The fourth-order valence-electron chi connectivity index (χ4n) is 6.64. The second kappa shape index (κ2) is 16.3. The predicted molar refractivity (Wildman–Crippen MR) is 198 cm³/mol. The van der Waals surface area contributed by atoms with E-state index >= 15 is 0 Å². The zero-order chi connectivity index (χ0) is 40.5. The van der Waals surface area contributed by atoms with Crippen LogP contribution in [0.2, 0.25) is 0 Å². The molecule has 1 aromatic carbocycles. The Labute approximate surface area is 320 Å². The molecule has 55 heavy (non-hydrogen) atoms. The molecule has 298 valence electrons. The number of benzene rings is 1. The first kappa shape index (κ1) is 41.6. The molecule has 3 heterocycles. The molecular formula is C37H50N7O10P. The minimum atomic E-state index is -4.72. The lowest BCUT2D eigenvalue weighted by molar-refractivity contribution is -0.181. The van der Waals surface area contributed by atoms with Crippen molar-refractivity contribution in [3.63, 3.8) is 0 Å². The van der Waals surface area contributed by atoms with E-state index in [1.54, 1.807) is 58.0 Å². The number of fused-ring (bicyclic) bond motifs is 2. The summed E-state index contributed by atoms with van der Waals surface area (Å²) in [7, 11) is -4.72. The number of nitrogen functional groups attached to an aromatic ring is 1. The van der Waals surface area contributed by atoms with Gasteiger partial charge in [-0.25, -0.2) is 14.1 Å². The van der Waals surface area contributed by atoms with Crippen molar-refractivity contribution in [3.05, 3.63) is 54.5 Å². The maximum atomic E-state index is 14.9. The summed E-state index contributed by atoms with van der Waals surface area (Å²) in [6.45, 7) is 16.5. The van der Waals surface area contributed by atoms with Crippen LogP contribution in [0.3, 0.4) is 0 Å². The fourth-order valence-corrected chi connectivity index (χ4v) is 8.36. The number of carbonyl (C=O) groups excluding carboxylic acids is 3. The highest BCUT2D eigenvalue weighted by Crippen LogP contribution is 2.71. The first-order valence-electron chi connectivity index (χ1n) is 18.2. The lowest BCUT2D eigenvalue weighted by Crippen LogP contribution is -2.45. The van der Waals surface area contributed by atoms with Gasteiger partial charge in [0.05, 0.1) is 17.5 Å². The monoisotopic (exact) mass is 783 g/mol. The topological polar surface area (TPSA) is 219 Å². The van der Waals surface area contributed by atoms with Crippen LogP contribution < -0.4 is 15.3 Å². The second-order valence-electron chi connectivity index (χ2n) is 14.8. The lowest BCUT2D eigenvalue weighted by Gasteiger charge is -2.31. The Hall–Kier alpha value is -4.59. The third-order valence-electron chi connectivity index (χ3n) is 9.53. The number of ether oxygens (including phenoxy) is 4. The van der Waals surface area contributed by atoms with Gasteiger partial charge >= 0.3 is 25.7 Å². The third-order valence-corrected chi connectivity index (χ3v) is 11.2. The normalized spacial score (nSPS) is 24.8. The Morgan fingerprint density at radius 1 is 1.00 bits per heavy atom. The van der Waals surface area contributed by atoms with Crippen molar-refractivity contribution < 1.29 is 46.9 Å². The fraction of sp³-hybridized carbons (Fsp3) is 0.568. The van der Waals surface area contributed by atoms with Gasteiger partial charge in [-0.2, -0.15) is 15.4 Å². The van der Waals surface area contributed by atoms with Gasteiger partial charge in [0.1, 0.15) is 42.4 Å².